The minimum Gasteiger partial charge on any atom is -0.341 e. The number of nitrogens with zero attached hydrogens (tertiary/aromatic N) is 2. The van der Waals surface area contributed by atoms with Crippen LogP contribution in [0.15, 0.2) is 72.8 Å². The summed E-state index contributed by atoms with van der Waals surface area (Å²) in [4.78, 5) is 2.48. The van der Waals surface area contributed by atoms with Crippen molar-refractivity contribution in [3.63, 3.8) is 0 Å². The van der Waals surface area contributed by atoms with Crippen molar-refractivity contribution in [2.24, 2.45) is 0 Å². The van der Waals surface area contributed by atoms with Gasteiger partial charge >= 0.3 is 0 Å². The Bertz CT molecular complexity index is 1200. The quantitative estimate of drug-likeness (QED) is 0.404. The van der Waals surface area contributed by atoms with Gasteiger partial charge in [0.25, 0.3) is 0 Å². The second kappa shape index (κ2) is 7.49. The molecule has 0 N–H and O–H groups in total. The Balaban J connectivity index is 1.38. The van der Waals surface area contributed by atoms with Gasteiger partial charge in [0.15, 0.2) is 0 Å². The second-order valence-corrected chi connectivity index (χ2v) is 7.83. The summed E-state index contributed by atoms with van der Waals surface area (Å²) in [5.41, 5.74) is 6.44. The molecule has 2 nitrogen and oxygen atoms in total. The summed E-state index contributed by atoms with van der Waals surface area (Å²) < 4.78 is 15.6. The Labute approximate surface area is 170 Å². The molecule has 0 saturated carbocycles. The number of fused-ring (bicyclic) bond motifs is 3. The van der Waals surface area contributed by atoms with E-state index >= 15 is 0 Å². The van der Waals surface area contributed by atoms with Gasteiger partial charge in [0.05, 0.1) is 0 Å². The molecule has 3 heteroatoms. The Morgan fingerprint density at radius 3 is 2.45 bits per heavy atom. The van der Waals surface area contributed by atoms with E-state index in [1.165, 1.54) is 32.9 Å². The van der Waals surface area contributed by atoms with Gasteiger partial charge in [0.2, 0.25) is 0 Å². The molecule has 0 aliphatic carbocycles. The molecule has 0 saturated heterocycles. The van der Waals surface area contributed by atoms with E-state index in [2.05, 4.69) is 64.9 Å². The fraction of sp³-hybridized carbons (Fsp3) is 0.231. The molecule has 1 aromatic heterocycles. The summed E-state index contributed by atoms with van der Waals surface area (Å²) in [5, 5.41) is 2.68. The van der Waals surface area contributed by atoms with Crippen LogP contribution in [-0.4, -0.2) is 22.6 Å². The number of halogens is 1. The van der Waals surface area contributed by atoms with Crippen LogP contribution < -0.4 is 0 Å². The molecule has 0 atom stereocenters. The lowest BCUT2D eigenvalue weighted by Gasteiger charge is -2.26. The van der Waals surface area contributed by atoms with Crippen molar-refractivity contribution in [2.75, 3.05) is 13.1 Å². The number of benzene rings is 3. The maximum absolute atomic E-state index is 13.2. The van der Waals surface area contributed by atoms with E-state index in [1.54, 1.807) is 12.1 Å². The van der Waals surface area contributed by atoms with Crippen LogP contribution in [-0.2, 0) is 13.1 Å². The topological polar surface area (TPSA) is 8.17 Å². The molecule has 4 aromatic rings. The third-order valence-corrected chi connectivity index (χ3v) is 6.07. The Morgan fingerprint density at radius 1 is 0.897 bits per heavy atom. The Hall–Kier alpha value is -2.91. The smallest absolute Gasteiger partial charge is 0.123 e. The number of hydrogen-bond donors (Lipinski definition) is 0. The van der Waals surface area contributed by atoms with E-state index in [1.807, 2.05) is 12.1 Å². The minimum absolute atomic E-state index is 0.174. The molecular weight excluding hydrogens is 359 g/mol. The fourth-order valence-corrected chi connectivity index (χ4v) is 4.58. The first-order chi connectivity index (χ1) is 14.2. The van der Waals surface area contributed by atoms with E-state index in [-0.39, 0.29) is 5.82 Å². The molecule has 3 aromatic carbocycles. The van der Waals surface area contributed by atoms with Crippen LogP contribution >= 0.6 is 0 Å². The highest BCUT2D eigenvalue weighted by Crippen LogP contribution is 2.30. The van der Waals surface area contributed by atoms with Crippen LogP contribution in [0.4, 0.5) is 4.39 Å². The van der Waals surface area contributed by atoms with E-state index in [4.69, 9.17) is 0 Å². The van der Waals surface area contributed by atoms with Crippen molar-refractivity contribution in [3.05, 3.63) is 89.8 Å². The SMILES string of the molecule is CCn1c2ccccc2c2cc(CN3CC=C(c4ccc(F)cc4)CC3)ccc21. The number of hydrogen-bond acceptors (Lipinski definition) is 1. The molecule has 146 valence electrons. The van der Waals surface area contributed by atoms with Gasteiger partial charge in [0.1, 0.15) is 5.82 Å². The third-order valence-electron chi connectivity index (χ3n) is 6.07. The molecule has 5 rings (SSSR count). The molecule has 0 radical (unpaired) electrons. The first kappa shape index (κ1) is 18.1. The summed E-state index contributed by atoms with van der Waals surface area (Å²) in [5.74, 6) is -0.174. The van der Waals surface area contributed by atoms with Crippen molar-refractivity contribution < 1.29 is 4.39 Å². The molecule has 1 aliphatic rings. The van der Waals surface area contributed by atoms with Crippen molar-refractivity contribution >= 4 is 27.4 Å². The molecule has 2 heterocycles. The average Bonchev–Trinajstić information content (AvgIpc) is 3.08. The van der Waals surface area contributed by atoms with Gasteiger partial charge in [-0.05, 0) is 60.4 Å². The highest BCUT2D eigenvalue weighted by atomic mass is 19.1. The molecule has 0 spiro atoms. The molecule has 1 aliphatic heterocycles. The van der Waals surface area contributed by atoms with Gasteiger partial charge in [-0.1, -0.05) is 42.5 Å². The molecule has 0 fully saturated rings. The van der Waals surface area contributed by atoms with Crippen molar-refractivity contribution in [1.29, 1.82) is 0 Å². The van der Waals surface area contributed by atoms with Gasteiger partial charge < -0.3 is 4.57 Å². The van der Waals surface area contributed by atoms with Crippen LogP contribution in [0.1, 0.15) is 24.5 Å². The summed E-state index contributed by atoms with van der Waals surface area (Å²) in [7, 11) is 0. The van der Waals surface area contributed by atoms with Crippen molar-refractivity contribution in [3.8, 4) is 0 Å². The predicted molar refractivity (Wildman–Crippen MR) is 119 cm³/mol. The lowest BCUT2D eigenvalue weighted by atomic mass is 9.99. The molecule has 0 unspecified atom stereocenters. The largest absolute Gasteiger partial charge is 0.341 e. The standard InChI is InChI=1S/C26H25FN2/c1-2-29-25-6-4-3-5-23(25)24-17-19(7-12-26(24)29)18-28-15-13-21(14-16-28)20-8-10-22(27)11-9-20/h3-13,17H,2,14-16,18H2,1H3. The first-order valence-electron chi connectivity index (χ1n) is 10.4. The van der Waals surface area contributed by atoms with Crippen LogP contribution in [0.3, 0.4) is 0 Å². The van der Waals surface area contributed by atoms with Crippen molar-refractivity contribution in [2.45, 2.75) is 26.4 Å². The molecule has 0 bridgehead atoms. The lowest BCUT2D eigenvalue weighted by Crippen LogP contribution is -2.28. The highest BCUT2D eigenvalue weighted by Gasteiger charge is 2.15. The van der Waals surface area contributed by atoms with Crippen molar-refractivity contribution in [1.82, 2.24) is 9.47 Å². The van der Waals surface area contributed by atoms with E-state index in [9.17, 15) is 4.39 Å². The third kappa shape index (κ3) is 3.36. The summed E-state index contributed by atoms with van der Waals surface area (Å²) in [6.45, 7) is 6.10. The van der Waals surface area contributed by atoms with Crippen LogP contribution in [0.2, 0.25) is 0 Å². The molecule has 0 amide bonds. The van der Waals surface area contributed by atoms with Gasteiger partial charge in [-0.25, -0.2) is 4.39 Å². The van der Waals surface area contributed by atoms with Gasteiger partial charge in [-0.3, -0.25) is 4.90 Å². The number of aryl methyl sites for hydroxylation is 1. The van der Waals surface area contributed by atoms with E-state index < -0.39 is 0 Å². The van der Waals surface area contributed by atoms with E-state index in [0.29, 0.717) is 0 Å². The lowest BCUT2D eigenvalue weighted by molar-refractivity contribution is 0.294. The number of para-hydroxylation sites is 1. The van der Waals surface area contributed by atoms with Crippen LogP contribution in [0.5, 0.6) is 0 Å². The molecule has 29 heavy (non-hydrogen) atoms. The van der Waals surface area contributed by atoms with Crippen LogP contribution in [0, 0.1) is 5.82 Å². The summed E-state index contributed by atoms with van der Waals surface area (Å²) >= 11 is 0. The van der Waals surface area contributed by atoms with Gasteiger partial charge in [-0.2, -0.15) is 0 Å². The zero-order valence-corrected chi connectivity index (χ0v) is 16.7. The maximum atomic E-state index is 13.2. The zero-order valence-electron chi connectivity index (χ0n) is 16.7. The average molecular weight is 384 g/mol. The highest BCUT2D eigenvalue weighted by molar-refractivity contribution is 6.08. The predicted octanol–water partition coefficient (Wildman–Crippen LogP) is 6.24. The molecular formula is C26H25FN2. The number of rotatable bonds is 4. The normalized spacial score (nSPS) is 15.2. The van der Waals surface area contributed by atoms with Crippen LogP contribution in [0.25, 0.3) is 27.4 Å². The number of aromatic nitrogens is 1. The van der Waals surface area contributed by atoms with Gasteiger partial charge in [-0.15, -0.1) is 0 Å². The monoisotopic (exact) mass is 384 g/mol. The summed E-state index contributed by atoms with van der Waals surface area (Å²) in [6.07, 6.45) is 3.29. The van der Waals surface area contributed by atoms with Gasteiger partial charge in [0, 0.05) is 48.0 Å². The Morgan fingerprint density at radius 2 is 1.69 bits per heavy atom. The maximum Gasteiger partial charge on any atom is 0.123 e. The van der Waals surface area contributed by atoms with E-state index in [0.717, 1.165) is 38.2 Å². The first-order valence-corrected chi connectivity index (χ1v) is 10.4. The minimum atomic E-state index is -0.174. The fourth-order valence-electron chi connectivity index (χ4n) is 4.58. The summed E-state index contributed by atoms with van der Waals surface area (Å²) in [6, 6.07) is 22.5. The Kier molecular flexibility index (Phi) is 4.69. The second-order valence-electron chi connectivity index (χ2n) is 7.83. The zero-order chi connectivity index (χ0) is 19.8.